The number of fused-ring (bicyclic) bond motifs is 1. The number of aldehydes is 1. The third-order valence-electron chi connectivity index (χ3n) is 10.9. The Morgan fingerprint density at radius 2 is 1.11 bits per heavy atom. The van der Waals surface area contributed by atoms with Crippen LogP contribution in [0.15, 0.2) is 127 Å². The zero-order valence-corrected chi connectivity index (χ0v) is 68.6. The number of nitrogens with zero attached hydrogens (tertiary/aromatic N) is 8. The van der Waals surface area contributed by atoms with Crippen molar-refractivity contribution in [3.63, 3.8) is 0 Å². The van der Waals surface area contributed by atoms with Gasteiger partial charge in [0.25, 0.3) is 5.56 Å². The van der Waals surface area contributed by atoms with Crippen molar-refractivity contribution in [1.82, 2.24) is 44.4 Å². The Labute approximate surface area is 659 Å². The molecule has 4 radical (unpaired) electrons. The van der Waals surface area contributed by atoms with Gasteiger partial charge < -0.3 is 76.8 Å². The number of H-pyrrole nitrogens is 1. The van der Waals surface area contributed by atoms with Crippen LogP contribution in [0.1, 0.15) is 132 Å². The summed E-state index contributed by atoms with van der Waals surface area (Å²) in [4.78, 5) is 90.5. The topological polar surface area (TPSA) is 348 Å². The van der Waals surface area contributed by atoms with Gasteiger partial charge in [-0.25, -0.2) is 19.4 Å². The number of esters is 3. The molecule has 7 aromatic rings. The Morgan fingerprint density at radius 3 is 1.55 bits per heavy atom. The van der Waals surface area contributed by atoms with Gasteiger partial charge in [0.2, 0.25) is 5.78 Å². The summed E-state index contributed by atoms with van der Waals surface area (Å²) in [6.07, 6.45) is 26.5. The second-order valence-electron chi connectivity index (χ2n) is 22.6. The number of nitrogens with one attached hydrogen (secondary N) is 4. The van der Waals surface area contributed by atoms with Gasteiger partial charge in [-0.05, 0) is 143 Å². The number of carbonyl (C=O) groups excluding carboxylic acids is 4. The molecule has 7 aromatic heterocycles. The number of hydrogen-bond donors (Lipinski definition) is 4. The van der Waals surface area contributed by atoms with Crippen molar-refractivity contribution in [2.75, 3.05) is 29.2 Å². The van der Waals surface area contributed by atoms with Crippen LogP contribution in [0.3, 0.4) is 0 Å². The number of aryl methyl sites for hydroxylation is 4. The van der Waals surface area contributed by atoms with Gasteiger partial charge >= 0.3 is 25.5 Å². The van der Waals surface area contributed by atoms with Gasteiger partial charge in [0.1, 0.15) is 51.5 Å². The Hall–Kier alpha value is -5.43. The molecule has 4 N–H and O–H groups in total. The third kappa shape index (κ3) is 32.5. The predicted molar refractivity (Wildman–Crippen MR) is 337 cm³/mol. The van der Waals surface area contributed by atoms with Crippen molar-refractivity contribution in [2.24, 2.45) is 0 Å². The number of hydrogen-bond acceptors (Lipinski definition) is 25. The molecule has 32 heteroatoms. The summed E-state index contributed by atoms with van der Waals surface area (Å²) in [5, 5.41) is 8.59. The van der Waals surface area contributed by atoms with E-state index in [1.807, 2.05) is 46.8 Å². The molecule has 0 fully saturated rings. The number of rotatable bonds is 20. The van der Waals surface area contributed by atoms with Crippen LogP contribution in [0, 0.1) is 52.5 Å². The van der Waals surface area contributed by atoms with E-state index in [0.29, 0.717) is 65.2 Å². The van der Waals surface area contributed by atoms with Crippen LogP contribution >= 0.6 is 7.60 Å². The molecule has 0 saturated heterocycles. The van der Waals surface area contributed by atoms with Crippen molar-refractivity contribution >= 4 is 55.3 Å². The molecule has 0 bridgehead atoms. The van der Waals surface area contributed by atoms with E-state index in [1.54, 1.807) is 143 Å². The predicted octanol–water partition coefficient (Wildman–Crippen LogP) is 10.8. The molecule has 2 aliphatic rings. The SMILES string of the molecule is CCOP(=O)(OCC)C(Nc1[c-]nc(C)cn1)C(=O)OC(C)(C)C.Cc1cn2c(=O)c(Cc3ccco3)nc-2[c-][nH]1.Cc1cnc(NC(=Cc2ccco2)C(=O)OC(C)(C)C)[c-]n1.Cc1cnc(NC(Cc2ccco2)C(=O)OC(C)(C)C)[c-]n1.O=Cc1ccco1.[Y].[Y].[Y].[Y]. The van der Waals surface area contributed by atoms with Crippen LogP contribution in [0.4, 0.5) is 17.5 Å². The minimum absolute atomic E-state index is 0. The molecule has 0 aromatic carbocycles. The minimum atomic E-state index is -3.82. The van der Waals surface area contributed by atoms with Gasteiger partial charge in [-0.15, -0.1) is 30.5 Å². The van der Waals surface area contributed by atoms with Gasteiger partial charge in [0.15, 0.2) is 12.0 Å². The van der Waals surface area contributed by atoms with E-state index in [-0.39, 0.29) is 167 Å². The van der Waals surface area contributed by atoms with Crippen LogP contribution in [-0.2, 0) is 186 Å². The number of furan rings is 4. The average molecular weight is 1640 g/mol. The zero-order valence-electron chi connectivity index (χ0n) is 56.3. The fraction of sp³-hybridized carbons (Fsp3) is 0.375. The van der Waals surface area contributed by atoms with Crippen LogP contribution in [0.25, 0.3) is 11.9 Å². The van der Waals surface area contributed by atoms with Gasteiger partial charge in [0.05, 0.1) is 68.0 Å². The van der Waals surface area contributed by atoms with Crippen molar-refractivity contribution in [3.8, 4) is 5.82 Å². The van der Waals surface area contributed by atoms with Crippen molar-refractivity contribution in [3.05, 3.63) is 191 Å². The average Bonchev–Trinajstić information content (AvgIpc) is 1.72. The zero-order chi connectivity index (χ0) is 67.7. The molecule has 27 nitrogen and oxygen atoms in total. The number of ether oxygens (including phenoxy) is 3. The minimum Gasteiger partial charge on any atom is -0.523 e. The smallest absolute Gasteiger partial charge is 0.364 e. The van der Waals surface area contributed by atoms with Gasteiger partial charge in [-0.2, -0.15) is 0 Å². The van der Waals surface area contributed by atoms with Crippen LogP contribution in [0.5, 0.6) is 0 Å². The van der Waals surface area contributed by atoms with E-state index >= 15 is 0 Å². The molecule has 0 aliphatic carbocycles. The first-order valence-corrected chi connectivity index (χ1v) is 30.4. The maximum absolute atomic E-state index is 13.0. The Bertz CT molecular complexity index is 3770. The molecular weight excluding hydrogens is 1560 g/mol. The largest absolute Gasteiger partial charge is 0.523 e. The Balaban J connectivity index is 0.000000612. The van der Waals surface area contributed by atoms with Crippen molar-refractivity contribution < 1.29 is 196 Å². The standard InChI is InChI=1S/C16H20N3O3.C16H18N3O3.C15H25N3O5P.C12H10N3O2.C5H4O2.4Y/c2*1-11-9-18-14(10-17-11)19-13(8-12-6-5-7-21-12)15(20)22-16(2,3)4;1-7-21-24(20,22-8-2)13(14(19)23-15(4,5)6)18-12-10-16-11(3)9-17-12;1-8-7-15-11(6-13-8)14-10(12(15)16)5-9-3-2-4-17-9;6-4-5-2-1-3-7-5;;;;/h5-7,9,13H,8H2,1-4H3,(H,18,19);5-9H,1-4H3,(H,18,19);9,13H,7-8H2,1-6H3,(H,17,18);2-4,7,13H,5H2,1H3;1-4H;;;;/q4*-1;;;;;. The molecule has 2 atom stereocenters. The summed E-state index contributed by atoms with van der Waals surface area (Å²) in [6, 6.07) is 13.3. The van der Waals surface area contributed by atoms with Crippen molar-refractivity contribution in [2.45, 2.75) is 145 Å². The fourth-order valence-electron chi connectivity index (χ4n) is 7.16. The normalized spacial score (nSPS) is 11.6. The number of aromatic nitrogens is 9. The molecule has 96 heavy (non-hydrogen) atoms. The maximum Gasteiger partial charge on any atom is 0.364 e. The maximum atomic E-state index is 13.0. The van der Waals surface area contributed by atoms with Crippen LogP contribution in [0.2, 0.25) is 0 Å². The summed E-state index contributed by atoms with van der Waals surface area (Å²) >= 11 is 0. The molecule has 504 valence electrons. The van der Waals surface area contributed by atoms with Gasteiger partial charge in [-0.3, -0.25) is 33.7 Å². The van der Waals surface area contributed by atoms with E-state index in [1.165, 1.54) is 23.3 Å². The number of imidazole rings is 1. The van der Waals surface area contributed by atoms with Crippen molar-refractivity contribution in [1.29, 1.82) is 0 Å². The summed E-state index contributed by atoms with van der Waals surface area (Å²) < 4.78 is 61.6. The summed E-state index contributed by atoms with van der Waals surface area (Å²) in [7, 11) is -3.82. The van der Waals surface area contributed by atoms with E-state index in [2.05, 4.69) is 85.0 Å². The first-order chi connectivity index (χ1) is 43.4. The molecule has 2 unspecified atom stereocenters. The molecular formula is C64H77N12O15PY4-4. The van der Waals surface area contributed by atoms with Gasteiger partial charge in [-0.1, -0.05) is 51.0 Å². The second-order valence-corrected chi connectivity index (χ2v) is 24.7. The Morgan fingerprint density at radius 1 is 0.646 bits per heavy atom. The molecule has 0 saturated carbocycles. The van der Waals surface area contributed by atoms with E-state index in [0.717, 1.165) is 22.8 Å². The first-order valence-electron chi connectivity index (χ1n) is 28.7. The fourth-order valence-corrected chi connectivity index (χ4v) is 8.84. The van der Waals surface area contributed by atoms with E-state index < -0.39 is 48.2 Å². The second kappa shape index (κ2) is 43.2. The van der Waals surface area contributed by atoms with Crippen LogP contribution < -0.4 is 21.5 Å². The molecule has 2 aliphatic heterocycles. The Kier molecular flexibility index (Phi) is 39.8. The van der Waals surface area contributed by atoms with Gasteiger partial charge in [0, 0.05) is 143 Å². The number of aromatic amines is 1. The molecule has 9 heterocycles. The van der Waals surface area contributed by atoms with E-state index in [4.69, 9.17) is 36.5 Å². The quantitative estimate of drug-likeness (QED) is 0.0137. The third-order valence-corrected chi connectivity index (χ3v) is 13.1. The first kappa shape index (κ1) is 88.6. The summed E-state index contributed by atoms with van der Waals surface area (Å²) in [5.74, 6) is 0.663. The number of carbonyl (C=O) groups is 4. The molecule has 0 spiro atoms. The molecule has 0 amide bonds. The molecule has 9 rings (SSSR count). The monoisotopic (exact) mass is 1640 g/mol. The summed E-state index contributed by atoms with van der Waals surface area (Å²) in [6.45, 7) is 26.8. The number of anilines is 3. The van der Waals surface area contributed by atoms with Crippen LogP contribution in [-0.4, -0.2) is 110 Å². The van der Waals surface area contributed by atoms with E-state index in [9.17, 15) is 28.5 Å². The summed E-state index contributed by atoms with van der Waals surface area (Å²) in [5.41, 5.74) is 1.61.